The molecule has 10 nitrogen and oxygen atoms in total. The Hall–Kier alpha value is -2.85. The van der Waals surface area contributed by atoms with Crippen molar-refractivity contribution in [1.82, 2.24) is 25.8 Å². The lowest BCUT2D eigenvalue weighted by molar-refractivity contribution is -0.144. The zero-order valence-corrected chi connectivity index (χ0v) is 18.8. The van der Waals surface area contributed by atoms with Crippen molar-refractivity contribution in [1.29, 1.82) is 0 Å². The van der Waals surface area contributed by atoms with Gasteiger partial charge in [-0.1, -0.05) is 12.1 Å². The molecule has 32 heavy (non-hydrogen) atoms. The monoisotopic (exact) mass is 447 g/mol. The summed E-state index contributed by atoms with van der Waals surface area (Å²) in [5.41, 5.74) is 0.878. The molecule has 3 rings (SSSR count). The first-order valence-corrected chi connectivity index (χ1v) is 10.9. The third kappa shape index (κ3) is 6.10. The van der Waals surface area contributed by atoms with Crippen LogP contribution in [0.3, 0.4) is 0 Å². The van der Waals surface area contributed by atoms with E-state index in [0.717, 1.165) is 5.56 Å². The second-order valence-corrected chi connectivity index (χ2v) is 8.70. The molecule has 0 unspecified atom stereocenters. The predicted molar refractivity (Wildman–Crippen MR) is 118 cm³/mol. The van der Waals surface area contributed by atoms with Crippen molar-refractivity contribution >= 4 is 17.8 Å². The third-order valence-corrected chi connectivity index (χ3v) is 5.69. The van der Waals surface area contributed by atoms with E-state index < -0.39 is 6.04 Å². The van der Waals surface area contributed by atoms with Gasteiger partial charge in [-0.25, -0.2) is 4.79 Å². The summed E-state index contributed by atoms with van der Waals surface area (Å²) in [6.07, 6.45) is 0.663. The van der Waals surface area contributed by atoms with Gasteiger partial charge in [-0.2, -0.15) is 0 Å². The minimum Gasteiger partial charge on any atom is -0.508 e. The van der Waals surface area contributed by atoms with E-state index in [1.807, 2.05) is 29.7 Å². The number of rotatable bonds is 8. The number of phenolic OH excluding ortho intramolecular Hbond substituents is 1. The van der Waals surface area contributed by atoms with Crippen molar-refractivity contribution in [3.8, 4) is 5.75 Å². The van der Waals surface area contributed by atoms with Crippen molar-refractivity contribution in [2.45, 2.75) is 51.0 Å². The number of hydrogen-bond donors (Lipinski definition) is 4. The number of phenols is 1. The van der Waals surface area contributed by atoms with Gasteiger partial charge in [0.05, 0.1) is 6.04 Å². The van der Waals surface area contributed by atoms with Gasteiger partial charge in [-0.3, -0.25) is 14.5 Å². The fourth-order valence-corrected chi connectivity index (χ4v) is 4.37. The fourth-order valence-electron chi connectivity index (χ4n) is 4.37. The zero-order chi connectivity index (χ0) is 23.3. The Morgan fingerprint density at radius 2 is 2.06 bits per heavy atom. The molecule has 1 aromatic carbocycles. The van der Waals surface area contributed by atoms with E-state index in [1.54, 1.807) is 18.2 Å². The molecule has 3 atom stereocenters. The first-order chi connectivity index (χ1) is 15.3. The lowest BCUT2D eigenvalue weighted by Crippen LogP contribution is -2.62. The summed E-state index contributed by atoms with van der Waals surface area (Å²) in [4.78, 5) is 41.3. The van der Waals surface area contributed by atoms with Crippen molar-refractivity contribution in [2.24, 2.45) is 0 Å². The first-order valence-electron chi connectivity index (χ1n) is 10.9. The van der Waals surface area contributed by atoms with E-state index in [4.69, 9.17) is 4.74 Å². The SMILES string of the molecule is COCC(=O)NC[C@H]1C(=O)N2C[C@@H](NC(=O)NC(C)C)C[C@H]2CN1Cc1cccc(O)c1. The Morgan fingerprint density at radius 1 is 1.28 bits per heavy atom. The maximum atomic E-state index is 13.4. The van der Waals surface area contributed by atoms with Crippen LogP contribution in [-0.4, -0.2) is 90.3 Å². The Labute approximate surface area is 188 Å². The van der Waals surface area contributed by atoms with Gasteiger partial charge in [-0.15, -0.1) is 0 Å². The van der Waals surface area contributed by atoms with Gasteiger partial charge in [0.2, 0.25) is 11.8 Å². The molecule has 2 aliphatic rings. The molecule has 0 aliphatic carbocycles. The molecule has 2 saturated heterocycles. The van der Waals surface area contributed by atoms with Crippen molar-refractivity contribution in [2.75, 3.05) is 33.4 Å². The molecular formula is C22H33N5O5. The molecule has 0 radical (unpaired) electrons. The highest BCUT2D eigenvalue weighted by Crippen LogP contribution is 2.28. The number of fused-ring (bicyclic) bond motifs is 1. The van der Waals surface area contributed by atoms with Crippen LogP contribution in [-0.2, 0) is 20.9 Å². The summed E-state index contributed by atoms with van der Waals surface area (Å²) in [5.74, 6) is -0.197. The number of aromatic hydroxyl groups is 1. The van der Waals surface area contributed by atoms with Crippen molar-refractivity contribution in [3.05, 3.63) is 29.8 Å². The molecule has 10 heteroatoms. The lowest BCUT2D eigenvalue weighted by atomic mass is 10.0. The Kier molecular flexibility index (Phi) is 7.92. The summed E-state index contributed by atoms with van der Waals surface area (Å²) in [6.45, 7) is 5.38. The Bertz CT molecular complexity index is 833. The van der Waals surface area contributed by atoms with Gasteiger partial charge in [0.25, 0.3) is 0 Å². The van der Waals surface area contributed by atoms with Gasteiger partial charge in [0.1, 0.15) is 18.4 Å². The molecule has 2 heterocycles. The molecule has 2 aliphatic heterocycles. The summed E-state index contributed by atoms with van der Waals surface area (Å²) < 4.78 is 4.86. The van der Waals surface area contributed by atoms with Crippen LogP contribution in [0.25, 0.3) is 0 Å². The van der Waals surface area contributed by atoms with E-state index in [1.165, 1.54) is 7.11 Å². The summed E-state index contributed by atoms with van der Waals surface area (Å²) >= 11 is 0. The number of carbonyl (C=O) groups is 3. The molecule has 1 aromatic rings. The molecule has 176 valence electrons. The second kappa shape index (κ2) is 10.6. The van der Waals surface area contributed by atoms with E-state index in [-0.39, 0.29) is 54.9 Å². The highest BCUT2D eigenvalue weighted by atomic mass is 16.5. The number of piperazine rings is 1. The minimum atomic E-state index is -0.544. The highest BCUT2D eigenvalue weighted by molar-refractivity contribution is 5.85. The highest BCUT2D eigenvalue weighted by Gasteiger charge is 2.45. The van der Waals surface area contributed by atoms with Crippen LogP contribution >= 0.6 is 0 Å². The Morgan fingerprint density at radius 3 is 2.75 bits per heavy atom. The first kappa shape index (κ1) is 23.8. The number of amides is 4. The zero-order valence-electron chi connectivity index (χ0n) is 18.8. The normalized spacial score (nSPS) is 23.2. The molecule has 4 N–H and O–H groups in total. The summed E-state index contributed by atoms with van der Waals surface area (Å²) in [5, 5.41) is 18.4. The number of nitrogens with zero attached hydrogens (tertiary/aromatic N) is 2. The molecule has 0 saturated carbocycles. The number of carbonyl (C=O) groups excluding carboxylic acids is 3. The molecule has 0 aromatic heterocycles. The van der Waals surface area contributed by atoms with Crippen LogP contribution in [0.2, 0.25) is 0 Å². The van der Waals surface area contributed by atoms with Crippen LogP contribution in [0.4, 0.5) is 4.79 Å². The maximum absolute atomic E-state index is 13.4. The van der Waals surface area contributed by atoms with Gasteiger partial charge in [-0.05, 0) is 38.0 Å². The average molecular weight is 448 g/mol. The molecular weight excluding hydrogens is 414 g/mol. The quantitative estimate of drug-likeness (QED) is 0.445. The van der Waals surface area contributed by atoms with E-state index in [0.29, 0.717) is 26.1 Å². The molecule has 0 spiro atoms. The van der Waals surface area contributed by atoms with Crippen LogP contribution < -0.4 is 16.0 Å². The van der Waals surface area contributed by atoms with Gasteiger partial charge in [0.15, 0.2) is 0 Å². The Balaban J connectivity index is 1.72. The molecule has 0 bridgehead atoms. The third-order valence-electron chi connectivity index (χ3n) is 5.69. The van der Waals surface area contributed by atoms with Crippen LogP contribution in [0.1, 0.15) is 25.8 Å². The summed E-state index contributed by atoms with van der Waals surface area (Å²) in [7, 11) is 1.44. The number of urea groups is 1. The number of ether oxygens (including phenoxy) is 1. The number of methoxy groups -OCH3 is 1. The van der Waals surface area contributed by atoms with Crippen molar-refractivity contribution < 1.29 is 24.2 Å². The van der Waals surface area contributed by atoms with Crippen LogP contribution in [0, 0.1) is 0 Å². The smallest absolute Gasteiger partial charge is 0.315 e. The minimum absolute atomic E-state index is 0.0264. The average Bonchev–Trinajstić information content (AvgIpc) is 3.09. The topological polar surface area (TPSA) is 123 Å². The molecule has 4 amide bonds. The number of benzene rings is 1. The van der Waals surface area contributed by atoms with Gasteiger partial charge < -0.3 is 30.7 Å². The van der Waals surface area contributed by atoms with Crippen LogP contribution in [0.15, 0.2) is 24.3 Å². The number of nitrogens with one attached hydrogen (secondary N) is 3. The second-order valence-electron chi connectivity index (χ2n) is 8.70. The van der Waals surface area contributed by atoms with E-state index >= 15 is 0 Å². The summed E-state index contributed by atoms with van der Waals surface area (Å²) in [6, 6.07) is 6.01. The molecule has 2 fully saturated rings. The van der Waals surface area contributed by atoms with Gasteiger partial charge in [0, 0.05) is 45.4 Å². The lowest BCUT2D eigenvalue weighted by Gasteiger charge is -2.42. The van der Waals surface area contributed by atoms with E-state index in [2.05, 4.69) is 16.0 Å². The maximum Gasteiger partial charge on any atom is 0.315 e. The standard InChI is InChI=1S/C22H33N5O5/c1-14(2)24-22(31)25-16-8-17-12-26(10-15-5-4-6-18(28)7-15)19(21(30)27(17)11-16)9-23-20(29)13-32-3/h4-7,14,16-17,19,28H,8-13H2,1-3H3,(H,23,29)(H2,24,25,31)/t16-,17-,19-/m0/s1. The van der Waals surface area contributed by atoms with E-state index in [9.17, 15) is 19.5 Å². The number of hydrogen-bond acceptors (Lipinski definition) is 6. The fraction of sp³-hybridized carbons (Fsp3) is 0.591. The van der Waals surface area contributed by atoms with Gasteiger partial charge >= 0.3 is 6.03 Å². The predicted octanol–water partition coefficient (Wildman–Crippen LogP) is 0.0161. The van der Waals surface area contributed by atoms with Crippen LogP contribution in [0.5, 0.6) is 5.75 Å². The largest absolute Gasteiger partial charge is 0.508 e. The van der Waals surface area contributed by atoms with Crippen molar-refractivity contribution in [3.63, 3.8) is 0 Å².